The zero-order chi connectivity index (χ0) is 19.3. The average molecular weight is 397 g/mol. The second-order valence-electron chi connectivity index (χ2n) is 6.66. The number of thiazole rings is 1. The molecule has 1 fully saturated rings. The van der Waals surface area contributed by atoms with Crippen molar-refractivity contribution in [2.45, 2.75) is 25.5 Å². The van der Waals surface area contributed by atoms with E-state index in [4.69, 9.17) is 19.2 Å². The smallest absolute Gasteiger partial charge is 0.190 e. The summed E-state index contributed by atoms with van der Waals surface area (Å²) in [5.74, 6) is 1.68. The second kappa shape index (κ2) is 8.63. The summed E-state index contributed by atoms with van der Waals surface area (Å²) >= 11 is 1.63. The Morgan fingerprint density at radius 2 is 1.93 bits per heavy atom. The summed E-state index contributed by atoms with van der Waals surface area (Å²) in [6, 6.07) is 15.9. The van der Waals surface area contributed by atoms with Crippen molar-refractivity contribution >= 4 is 17.0 Å². The SMILES string of the molecule is COc1ccc(N=c2scc(-c3ccccc3OC)n2CC2CCCO2)cc1. The van der Waals surface area contributed by atoms with E-state index in [2.05, 4.69) is 16.0 Å². The van der Waals surface area contributed by atoms with Gasteiger partial charge < -0.3 is 18.8 Å². The van der Waals surface area contributed by atoms with Gasteiger partial charge in [-0.25, -0.2) is 4.99 Å². The highest BCUT2D eigenvalue weighted by molar-refractivity contribution is 7.07. The molecular weight excluding hydrogens is 372 g/mol. The topological polar surface area (TPSA) is 45.0 Å². The van der Waals surface area contributed by atoms with Crippen LogP contribution in [0.4, 0.5) is 5.69 Å². The quantitative estimate of drug-likeness (QED) is 0.609. The van der Waals surface area contributed by atoms with Gasteiger partial charge in [0.25, 0.3) is 0 Å². The van der Waals surface area contributed by atoms with Gasteiger partial charge >= 0.3 is 0 Å². The Kier molecular flexibility index (Phi) is 5.78. The van der Waals surface area contributed by atoms with Crippen molar-refractivity contribution in [2.24, 2.45) is 4.99 Å². The Hall–Kier alpha value is -2.57. The van der Waals surface area contributed by atoms with Gasteiger partial charge in [0.05, 0.1) is 38.2 Å². The first-order valence-corrected chi connectivity index (χ1v) is 10.3. The van der Waals surface area contributed by atoms with Gasteiger partial charge in [0.15, 0.2) is 4.80 Å². The Labute approximate surface area is 168 Å². The Balaban J connectivity index is 1.79. The summed E-state index contributed by atoms with van der Waals surface area (Å²) in [6.45, 7) is 1.62. The first-order valence-electron chi connectivity index (χ1n) is 9.40. The molecule has 28 heavy (non-hydrogen) atoms. The largest absolute Gasteiger partial charge is 0.497 e. The zero-order valence-corrected chi connectivity index (χ0v) is 16.9. The molecule has 4 rings (SSSR count). The first kappa shape index (κ1) is 18.8. The first-order chi connectivity index (χ1) is 13.8. The lowest BCUT2D eigenvalue weighted by Gasteiger charge is -2.15. The van der Waals surface area contributed by atoms with Crippen LogP contribution in [0.25, 0.3) is 11.3 Å². The summed E-state index contributed by atoms with van der Waals surface area (Å²) < 4.78 is 19.0. The third kappa shape index (κ3) is 3.98. The normalized spacial score (nSPS) is 17.1. The lowest BCUT2D eigenvalue weighted by Crippen LogP contribution is -2.24. The molecule has 2 aromatic carbocycles. The Morgan fingerprint density at radius 1 is 1.11 bits per heavy atom. The number of rotatable bonds is 6. The number of para-hydroxylation sites is 1. The van der Waals surface area contributed by atoms with Crippen molar-refractivity contribution in [3.05, 3.63) is 58.7 Å². The molecule has 0 aliphatic carbocycles. The van der Waals surface area contributed by atoms with Crippen molar-refractivity contribution in [3.63, 3.8) is 0 Å². The number of benzene rings is 2. The van der Waals surface area contributed by atoms with Gasteiger partial charge in [-0.15, -0.1) is 11.3 Å². The zero-order valence-electron chi connectivity index (χ0n) is 16.1. The number of methoxy groups -OCH3 is 2. The number of aromatic nitrogens is 1. The summed E-state index contributed by atoms with van der Waals surface area (Å²) in [4.78, 5) is 5.84. The third-order valence-electron chi connectivity index (χ3n) is 4.89. The summed E-state index contributed by atoms with van der Waals surface area (Å²) in [7, 11) is 3.37. The second-order valence-corrected chi connectivity index (χ2v) is 7.50. The van der Waals surface area contributed by atoms with Crippen LogP contribution in [0.15, 0.2) is 58.9 Å². The highest BCUT2D eigenvalue weighted by Gasteiger charge is 2.20. The van der Waals surface area contributed by atoms with Crippen LogP contribution in [0.5, 0.6) is 11.5 Å². The van der Waals surface area contributed by atoms with Crippen LogP contribution in [0.3, 0.4) is 0 Å². The van der Waals surface area contributed by atoms with Crippen LogP contribution in [-0.4, -0.2) is 31.5 Å². The molecule has 1 atom stereocenters. The molecule has 2 heterocycles. The van der Waals surface area contributed by atoms with Crippen molar-refractivity contribution in [2.75, 3.05) is 20.8 Å². The van der Waals surface area contributed by atoms with E-state index in [1.165, 1.54) is 0 Å². The van der Waals surface area contributed by atoms with Gasteiger partial charge in [0.1, 0.15) is 11.5 Å². The van der Waals surface area contributed by atoms with E-state index in [-0.39, 0.29) is 6.10 Å². The van der Waals surface area contributed by atoms with Crippen molar-refractivity contribution in [1.29, 1.82) is 0 Å². The van der Waals surface area contributed by atoms with Crippen molar-refractivity contribution < 1.29 is 14.2 Å². The van der Waals surface area contributed by atoms with Crippen molar-refractivity contribution in [3.8, 4) is 22.8 Å². The third-order valence-corrected chi connectivity index (χ3v) is 5.75. The molecule has 5 nitrogen and oxygen atoms in total. The summed E-state index contributed by atoms with van der Waals surface area (Å²) in [6.07, 6.45) is 2.42. The van der Waals surface area contributed by atoms with Gasteiger partial charge in [-0.05, 0) is 49.2 Å². The van der Waals surface area contributed by atoms with Crippen LogP contribution in [-0.2, 0) is 11.3 Å². The lowest BCUT2D eigenvalue weighted by molar-refractivity contribution is 0.0968. The molecule has 1 aliphatic heterocycles. The van der Waals surface area contributed by atoms with E-state index in [0.29, 0.717) is 0 Å². The van der Waals surface area contributed by atoms with Crippen LogP contribution in [0.1, 0.15) is 12.8 Å². The predicted molar refractivity (Wildman–Crippen MR) is 111 cm³/mol. The number of hydrogen-bond donors (Lipinski definition) is 0. The van der Waals surface area contributed by atoms with Gasteiger partial charge in [0, 0.05) is 17.6 Å². The molecule has 0 spiro atoms. The van der Waals surface area contributed by atoms with E-state index >= 15 is 0 Å². The molecule has 3 aromatic rings. The maximum Gasteiger partial charge on any atom is 0.190 e. The molecule has 0 saturated carbocycles. The molecule has 1 aromatic heterocycles. The molecule has 1 unspecified atom stereocenters. The predicted octanol–water partition coefficient (Wildman–Crippen LogP) is 4.65. The number of nitrogens with zero attached hydrogens (tertiary/aromatic N) is 2. The van der Waals surface area contributed by atoms with Crippen LogP contribution < -0.4 is 14.3 Å². The molecular formula is C22H24N2O3S. The van der Waals surface area contributed by atoms with Crippen molar-refractivity contribution in [1.82, 2.24) is 4.57 Å². The van der Waals surface area contributed by atoms with Gasteiger partial charge in [-0.2, -0.15) is 0 Å². The maximum atomic E-state index is 5.90. The molecule has 1 aliphatic rings. The standard InChI is InChI=1S/C22H24N2O3S/c1-25-17-11-9-16(10-12-17)23-22-24(14-18-6-5-13-27-18)20(15-28-22)19-7-3-4-8-21(19)26-2/h3-4,7-12,15,18H,5-6,13-14H2,1-2H3. The minimum absolute atomic E-state index is 0.220. The number of hydrogen-bond acceptors (Lipinski definition) is 5. The van der Waals surface area contributed by atoms with E-state index in [1.807, 2.05) is 42.5 Å². The fourth-order valence-electron chi connectivity index (χ4n) is 3.43. The maximum absolute atomic E-state index is 5.90. The van der Waals surface area contributed by atoms with E-state index in [1.54, 1.807) is 25.6 Å². The van der Waals surface area contributed by atoms with Crippen LogP contribution >= 0.6 is 11.3 Å². The van der Waals surface area contributed by atoms with E-state index < -0.39 is 0 Å². The minimum Gasteiger partial charge on any atom is -0.497 e. The van der Waals surface area contributed by atoms with Gasteiger partial charge in [0.2, 0.25) is 0 Å². The van der Waals surface area contributed by atoms with Crippen LogP contribution in [0.2, 0.25) is 0 Å². The molecule has 0 radical (unpaired) electrons. The van der Waals surface area contributed by atoms with Crippen LogP contribution in [0, 0.1) is 0 Å². The molecule has 0 N–H and O–H groups in total. The van der Waals surface area contributed by atoms with E-state index in [9.17, 15) is 0 Å². The lowest BCUT2D eigenvalue weighted by atomic mass is 10.1. The average Bonchev–Trinajstić information content (AvgIpc) is 3.39. The fourth-order valence-corrected chi connectivity index (χ4v) is 4.36. The molecule has 1 saturated heterocycles. The summed E-state index contributed by atoms with van der Waals surface area (Å²) in [5, 5.41) is 2.15. The monoisotopic (exact) mass is 396 g/mol. The van der Waals surface area contributed by atoms with Gasteiger partial charge in [-0.1, -0.05) is 12.1 Å². The minimum atomic E-state index is 0.220. The molecule has 0 bridgehead atoms. The summed E-state index contributed by atoms with van der Waals surface area (Å²) in [5.41, 5.74) is 3.07. The molecule has 146 valence electrons. The highest BCUT2D eigenvalue weighted by Crippen LogP contribution is 2.31. The fraction of sp³-hybridized carbons (Fsp3) is 0.318. The van der Waals surface area contributed by atoms with E-state index in [0.717, 1.165) is 59.2 Å². The van der Waals surface area contributed by atoms with Gasteiger partial charge in [-0.3, -0.25) is 0 Å². The highest BCUT2D eigenvalue weighted by atomic mass is 32.1. The molecule has 6 heteroatoms. The molecule has 0 amide bonds. The number of ether oxygens (including phenoxy) is 3. The Morgan fingerprint density at radius 3 is 2.64 bits per heavy atom. The Bertz CT molecular complexity index is 986.